The van der Waals surface area contributed by atoms with Crippen LogP contribution in [0.3, 0.4) is 0 Å². The van der Waals surface area contributed by atoms with Crippen molar-refractivity contribution in [3.63, 3.8) is 0 Å². The summed E-state index contributed by atoms with van der Waals surface area (Å²) >= 11 is 0. The lowest BCUT2D eigenvalue weighted by Gasteiger charge is -2.32. The third-order valence-corrected chi connectivity index (χ3v) is 4.12. The molecule has 26 heavy (non-hydrogen) atoms. The van der Waals surface area contributed by atoms with Crippen LogP contribution in [0.15, 0.2) is 53.7 Å². The lowest BCUT2D eigenvalue weighted by molar-refractivity contribution is -0.125. The Kier molecular flexibility index (Phi) is 5.21. The fourth-order valence-corrected chi connectivity index (χ4v) is 2.93. The first-order valence-corrected chi connectivity index (χ1v) is 8.79. The summed E-state index contributed by atoms with van der Waals surface area (Å²) in [5.41, 5.74) is 1.32. The summed E-state index contributed by atoms with van der Waals surface area (Å²) in [6, 6.07) is 12.9. The van der Waals surface area contributed by atoms with E-state index >= 15 is 0 Å². The van der Waals surface area contributed by atoms with Crippen molar-refractivity contribution in [3.05, 3.63) is 54.1 Å². The number of hydrogen-bond donors (Lipinski definition) is 0. The minimum atomic E-state index is -0.559. The summed E-state index contributed by atoms with van der Waals surface area (Å²) < 4.78 is 7.17. The van der Waals surface area contributed by atoms with Gasteiger partial charge >= 0.3 is 0 Å². The Morgan fingerprint density at radius 3 is 2.69 bits per heavy atom. The zero-order valence-corrected chi connectivity index (χ0v) is 15.3. The van der Waals surface area contributed by atoms with E-state index in [1.165, 1.54) is 0 Å². The minimum absolute atomic E-state index is 0.0880. The van der Waals surface area contributed by atoms with E-state index in [0.717, 1.165) is 0 Å². The molecule has 6 nitrogen and oxygen atoms in total. The van der Waals surface area contributed by atoms with Crippen molar-refractivity contribution >= 4 is 17.5 Å². The van der Waals surface area contributed by atoms with Gasteiger partial charge in [-0.05, 0) is 45.0 Å². The standard InChI is InChI=1S/C20H23N3O3/c1-14(2)21-18-10-6-7-12-23(18)19(24)11-13-22-16-8-4-5-9-17(16)26-15(3)20(22)25/h4-10,12,14-15H,11,13H2,1-3H3. The van der Waals surface area contributed by atoms with Crippen LogP contribution in [0.2, 0.25) is 0 Å². The molecule has 6 heteroatoms. The Labute approximate surface area is 152 Å². The number of benzene rings is 1. The maximum absolute atomic E-state index is 12.7. The highest BCUT2D eigenvalue weighted by Crippen LogP contribution is 2.33. The first kappa shape index (κ1) is 17.9. The predicted octanol–water partition coefficient (Wildman–Crippen LogP) is 2.64. The maximum atomic E-state index is 12.7. The molecule has 0 bridgehead atoms. The molecule has 1 amide bonds. The van der Waals surface area contributed by atoms with Crippen molar-refractivity contribution in [1.82, 2.24) is 4.57 Å². The van der Waals surface area contributed by atoms with Gasteiger partial charge in [0, 0.05) is 25.2 Å². The number of carbonyl (C=O) groups is 2. The number of amides is 1. The van der Waals surface area contributed by atoms with Crippen molar-refractivity contribution in [3.8, 4) is 5.75 Å². The second-order valence-corrected chi connectivity index (χ2v) is 6.51. The van der Waals surface area contributed by atoms with Gasteiger partial charge in [0.15, 0.2) is 6.10 Å². The molecular formula is C20H23N3O3. The molecule has 0 aliphatic carbocycles. The van der Waals surface area contributed by atoms with Gasteiger partial charge in [-0.15, -0.1) is 0 Å². The number of aromatic nitrogens is 1. The lowest BCUT2D eigenvalue weighted by atomic mass is 10.1. The number of anilines is 1. The summed E-state index contributed by atoms with van der Waals surface area (Å²) in [6.07, 6.45) is 1.35. The van der Waals surface area contributed by atoms with Crippen LogP contribution in [-0.2, 0) is 4.79 Å². The summed E-state index contributed by atoms with van der Waals surface area (Å²) in [4.78, 5) is 31.3. The number of para-hydroxylation sites is 2. The lowest BCUT2D eigenvalue weighted by Crippen LogP contribution is -2.45. The molecule has 2 heterocycles. The number of fused-ring (bicyclic) bond motifs is 1. The molecule has 136 valence electrons. The highest BCUT2D eigenvalue weighted by atomic mass is 16.5. The summed E-state index contributed by atoms with van der Waals surface area (Å²) in [5, 5.41) is 0. The van der Waals surface area contributed by atoms with Crippen LogP contribution < -0.4 is 15.1 Å². The Balaban J connectivity index is 1.82. The van der Waals surface area contributed by atoms with Crippen LogP contribution in [0.25, 0.3) is 0 Å². The zero-order chi connectivity index (χ0) is 18.7. The van der Waals surface area contributed by atoms with Gasteiger partial charge in [0.1, 0.15) is 11.2 Å². The van der Waals surface area contributed by atoms with Crippen LogP contribution in [0.4, 0.5) is 5.69 Å². The maximum Gasteiger partial charge on any atom is 0.267 e. The Hall–Kier alpha value is -2.89. The highest BCUT2D eigenvalue weighted by Gasteiger charge is 2.31. The largest absolute Gasteiger partial charge is 0.479 e. The Bertz CT molecular complexity index is 886. The van der Waals surface area contributed by atoms with Gasteiger partial charge in [0.2, 0.25) is 5.91 Å². The highest BCUT2D eigenvalue weighted by molar-refractivity contribution is 6.00. The topological polar surface area (TPSA) is 63.9 Å². The van der Waals surface area contributed by atoms with E-state index < -0.39 is 6.10 Å². The predicted molar refractivity (Wildman–Crippen MR) is 99.3 cm³/mol. The molecule has 2 aromatic rings. The van der Waals surface area contributed by atoms with Crippen molar-refractivity contribution in [2.24, 2.45) is 4.99 Å². The number of pyridine rings is 1. The summed E-state index contributed by atoms with van der Waals surface area (Å²) in [6.45, 7) is 5.95. The van der Waals surface area contributed by atoms with E-state index in [0.29, 0.717) is 23.5 Å². The molecule has 1 aliphatic heterocycles. The number of ether oxygens (including phenoxy) is 1. The van der Waals surface area contributed by atoms with Gasteiger partial charge < -0.3 is 9.64 Å². The van der Waals surface area contributed by atoms with E-state index in [4.69, 9.17) is 4.74 Å². The van der Waals surface area contributed by atoms with Gasteiger partial charge in [-0.25, -0.2) is 0 Å². The molecule has 0 saturated carbocycles. The quantitative estimate of drug-likeness (QED) is 0.849. The molecule has 3 rings (SSSR count). The third-order valence-electron chi connectivity index (χ3n) is 4.12. The van der Waals surface area contributed by atoms with E-state index in [9.17, 15) is 9.59 Å². The van der Waals surface area contributed by atoms with Crippen LogP contribution in [0, 0.1) is 0 Å². The van der Waals surface area contributed by atoms with Crippen LogP contribution in [-0.4, -0.2) is 35.1 Å². The molecule has 1 aliphatic rings. The number of nitrogens with zero attached hydrogens (tertiary/aromatic N) is 3. The van der Waals surface area contributed by atoms with Crippen LogP contribution >= 0.6 is 0 Å². The smallest absolute Gasteiger partial charge is 0.267 e. The average Bonchev–Trinajstić information content (AvgIpc) is 2.62. The van der Waals surface area contributed by atoms with Gasteiger partial charge in [0.05, 0.1) is 5.69 Å². The number of hydrogen-bond acceptors (Lipinski definition) is 4. The second kappa shape index (κ2) is 7.56. The van der Waals surface area contributed by atoms with E-state index in [1.807, 2.05) is 50.2 Å². The normalized spacial score (nSPS) is 17.2. The Morgan fingerprint density at radius 2 is 1.92 bits per heavy atom. The molecule has 0 saturated heterocycles. The van der Waals surface area contributed by atoms with Crippen molar-refractivity contribution in [2.75, 3.05) is 11.4 Å². The molecule has 1 aromatic heterocycles. The fourth-order valence-electron chi connectivity index (χ4n) is 2.93. The molecule has 1 aromatic carbocycles. The first-order chi connectivity index (χ1) is 12.5. The average molecular weight is 353 g/mol. The SMILES string of the molecule is CC(C)N=c1ccccn1C(=O)CCN1C(=O)C(C)Oc2ccccc21. The van der Waals surface area contributed by atoms with E-state index in [2.05, 4.69) is 4.99 Å². The van der Waals surface area contributed by atoms with Crippen LogP contribution in [0.5, 0.6) is 5.75 Å². The van der Waals surface area contributed by atoms with Gasteiger partial charge in [-0.3, -0.25) is 19.1 Å². The molecule has 0 radical (unpaired) electrons. The molecule has 0 spiro atoms. The van der Waals surface area contributed by atoms with Crippen LogP contribution in [0.1, 0.15) is 32.0 Å². The number of carbonyl (C=O) groups excluding carboxylic acids is 2. The van der Waals surface area contributed by atoms with E-state index in [1.54, 1.807) is 28.7 Å². The monoisotopic (exact) mass is 353 g/mol. The van der Waals surface area contributed by atoms with Gasteiger partial charge in [-0.2, -0.15) is 0 Å². The van der Waals surface area contributed by atoms with Crippen molar-refractivity contribution < 1.29 is 14.3 Å². The molecule has 1 unspecified atom stereocenters. The summed E-state index contributed by atoms with van der Waals surface area (Å²) in [7, 11) is 0. The molecule has 0 N–H and O–H groups in total. The Morgan fingerprint density at radius 1 is 1.19 bits per heavy atom. The fraction of sp³-hybridized carbons (Fsp3) is 0.350. The minimum Gasteiger partial charge on any atom is -0.479 e. The molecule has 1 atom stereocenters. The van der Waals surface area contributed by atoms with Gasteiger partial charge in [-0.1, -0.05) is 18.2 Å². The molecule has 0 fully saturated rings. The number of rotatable bonds is 4. The first-order valence-electron chi connectivity index (χ1n) is 8.79. The third kappa shape index (κ3) is 3.69. The van der Waals surface area contributed by atoms with E-state index in [-0.39, 0.29) is 24.3 Å². The summed E-state index contributed by atoms with van der Waals surface area (Å²) in [5.74, 6) is 0.422. The zero-order valence-electron chi connectivity index (χ0n) is 15.3. The van der Waals surface area contributed by atoms with Crippen molar-refractivity contribution in [2.45, 2.75) is 39.3 Å². The second-order valence-electron chi connectivity index (χ2n) is 6.51. The van der Waals surface area contributed by atoms with Gasteiger partial charge in [0.25, 0.3) is 5.91 Å². The molecular weight excluding hydrogens is 330 g/mol. The van der Waals surface area contributed by atoms with Crippen molar-refractivity contribution in [1.29, 1.82) is 0 Å².